The number of piperidine rings is 1. The Morgan fingerprint density at radius 1 is 1.20 bits per heavy atom. The molecule has 0 unspecified atom stereocenters. The fraction of sp³-hybridized carbons (Fsp3) is 0.421. The molecule has 0 saturated carbocycles. The molecule has 5 nitrogen and oxygen atoms in total. The van der Waals surface area contributed by atoms with E-state index < -0.39 is 0 Å². The van der Waals surface area contributed by atoms with Crippen molar-refractivity contribution in [1.82, 2.24) is 24.6 Å². The van der Waals surface area contributed by atoms with E-state index in [1.165, 1.54) is 29.0 Å². The molecule has 25 heavy (non-hydrogen) atoms. The van der Waals surface area contributed by atoms with Crippen LogP contribution in [0.15, 0.2) is 42.2 Å². The van der Waals surface area contributed by atoms with Gasteiger partial charge >= 0.3 is 0 Å². The molecule has 2 aromatic heterocycles. The third-order valence-electron chi connectivity index (χ3n) is 4.92. The van der Waals surface area contributed by atoms with Crippen LogP contribution in [0.5, 0.6) is 0 Å². The lowest BCUT2D eigenvalue weighted by Gasteiger charge is -2.32. The van der Waals surface area contributed by atoms with E-state index in [2.05, 4.69) is 61.9 Å². The SMILES string of the molecule is Cc1ncsc1CN1CCC[C@H](c2nncn2Cc2ccccc2)C1. The fourth-order valence-electron chi connectivity index (χ4n) is 3.57. The van der Waals surface area contributed by atoms with E-state index in [1.54, 1.807) is 11.3 Å². The van der Waals surface area contributed by atoms with Crippen LogP contribution in [-0.4, -0.2) is 37.7 Å². The van der Waals surface area contributed by atoms with Crippen LogP contribution < -0.4 is 0 Å². The van der Waals surface area contributed by atoms with E-state index in [0.717, 1.165) is 32.0 Å². The normalized spacial score (nSPS) is 18.5. The van der Waals surface area contributed by atoms with E-state index in [0.29, 0.717) is 5.92 Å². The zero-order valence-corrected chi connectivity index (χ0v) is 15.3. The summed E-state index contributed by atoms with van der Waals surface area (Å²) in [4.78, 5) is 8.30. The smallest absolute Gasteiger partial charge is 0.137 e. The van der Waals surface area contributed by atoms with Crippen LogP contribution in [0.2, 0.25) is 0 Å². The van der Waals surface area contributed by atoms with Gasteiger partial charge in [0.2, 0.25) is 0 Å². The third kappa shape index (κ3) is 3.80. The number of benzene rings is 1. The number of aromatic nitrogens is 4. The van der Waals surface area contributed by atoms with Crippen LogP contribution in [0.4, 0.5) is 0 Å². The number of hydrogen-bond acceptors (Lipinski definition) is 5. The molecule has 1 aliphatic heterocycles. The first-order valence-corrected chi connectivity index (χ1v) is 9.70. The van der Waals surface area contributed by atoms with Crippen molar-refractivity contribution in [3.63, 3.8) is 0 Å². The minimum Gasteiger partial charge on any atom is -0.313 e. The van der Waals surface area contributed by atoms with Gasteiger partial charge in [-0.15, -0.1) is 21.5 Å². The quantitative estimate of drug-likeness (QED) is 0.705. The second-order valence-corrected chi connectivity index (χ2v) is 7.68. The zero-order chi connectivity index (χ0) is 17.1. The van der Waals surface area contributed by atoms with Crippen LogP contribution in [0, 0.1) is 6.92 Å². The van der Waals surface area contributed by atoms with Crippen molar-refractivity contribution < 1.29 is 0 Å². The van der Waals surface area contributed by atoms with Crippen LogP contribution in [-0.2, 0) is 13.1 Å². The Kier molecular flexibility index (Phi) is 4.90. The molecule has 1 fully saturated rings. The van der Waals surface area contributed by atoms with Crippen molar-refractivity contribution >= 4 is 11.3 Å². The summed E-state index contributed by atoms with van der Waals surface area (Å²) in [7, 11) is 0. The van der Waals surface area contributed by atoms with Gasteiger partial charge in [-0.2, -0.15) is 0 Å². The molecular weight excluding hydrogens is 330 g/mol. The average Bonchev–Trinajstić information content (AvgIpc) is 3.26. The Bertz CT molecular complexity index is 810. The zero-order valence-electron chi connectivity index (χ0n) is 14.5. The van der Waals surface area contributed by atoms with E-state index >= 15 is 0 Å². The van der Waals surface area contributed by atoms with Gasteiger partial charge in [0.25, 0.3) is 0 Å². The molecule has 1 aliphatic rings. The number of rotatable bonds is 5. The first-order chi connectivity index (χ1) is 12.3. The predicted molar refractivity (Wildman–Crippen MR) is 99.7 cm³/mol. The number of aryl methyl sites for hydroxylation is 1. The molecule has 0 N–H and O–H groups in total. The Morgan fingerprint density at radius 2 is 2.08 bits per heavy atom. The number of nitrogens with zero attached hydrogens (tertiary/aromatic N) is 5. The molecule has 0 amide bonds. The van der Waals surface area contributed by atoms with Crippen LogP contribution in [0.3, 0.4) is 0 Å². The van der Waals surface area contributed by atoms with Gasteiger partial charge in [-0.25, -0.2) is 4.98 Å². The van der Waals surface area contributed by atoms with Crippen molar-refractivity contribution in [3.05, 3.63) is 64.1 Å². The van der Waals surface area contributed by atoms with Gasteiger partial charge in [0.05, 0.1) is 17.7 Å². The minimum absolute atomic E-state index is 0.452. The van der Waals surface area contributed by atoms with Crippen molar-refractivity contribution in [2.24, 2.45) is 0 Å². The summed E-state index contributed by atoms with van der Waals surface area (Å²) in [6.45, 7) is 6.14. The van der Waals surface area contributed by atoms with Gasteiger partial charge in [0, 0.05) is 23.9 Å². The molecule has 3 heterocycles. The minimum atomic E-state index is 0.452. The standard InChI is InChI=1S/C19H23N5S/c1-15-18(25-14-20-15)12-23-9-5-8-17(11-23)19-22-21-13-24(19)10-16-6-3-2-4-7-16/h2-4,6-7,13-14,17H,5,8-12H2,1H3/t17-/m0/s1. The lowest BCUT2D eigenvalue weighted by Crippen LogP contribution is -2.35. The van der Waals surface area contributed by atoms with E-state index in [-0.39, 0.29) is 0 Å². The van der Waals surface area contributed by atoms with Crippen LogP contribution in [0.25, 0.3) is 0 Å². The summed E-state index contributed by atoms with van der Waals surface area (Å²) in [6, 6.07) is 10.5. The molecule has 0 spiro atoms. The summed E-state index contributed by atoms with van der Waals surface area (Å²) in [5.41, 5.74) is 4.40. The maximum absolute atomic E-state index is 4.46. The molecule has 0 radical (unpaired) electrons. The van der Waals surface area contributed by atoms with Gasteiger partial charge < -0.3 is 4.57 Å². The Morgan fingerprint density at radius 3 is 2.88 bits per heavy atom. The molecule has 3 aromatic rings. The molecule has 1 saturated heterocycles. The van der Waals surface area contributed by atoms with Gasteiger partial charge in [-0.05, 0) is 31.9 Å². The monoisotopic (exact) mass is 353 g/mol. The van der Waals surface area contributed by atoms with Gasteiger partial charge in [-0.1, -0.05) is 30.3 Å². The summed E-state index contributed by atoms with van der Waals surface area (Å²) < 4.78 is 2.21. The van der Waals surface area contributed by atoms with Gasteiger partial charge in [-0.3, -0.25) is 4.90 Å². The van der Waals surface area contributed by atoms with Gasteiger partial charge in [0.1, 0.15) is 12.2 Å². The van der Waals surface area contributed by atoms with Crippen LogP contribution >= 0.6 is 11.3 Å². The Labute approximate surface area is 152 Å². The Hall–Kier alpha value is -2.05. The first kappa shape index (κ1) is 16.4. The Balaban J connectivity index is 1.47. The fourth-order valence-corrected chi connectivity index (χ4v) is 4.39. The van der Waals surface area contributed by atoms with Crippen molar-refractivity contribution in [3.8, 4) is 0 Å². The van der Waals surface area contributed by atoms with Crippen molar-refractivity contribution in [1.29, 1.82) is 0 Å². The van der Waals surface area contributed by atoms with Crippen molar-refractivity contribution in [2.75, 3.05) is 13.1 Å². The largest absolute Gasteiger partial charge is 0.313 e. The highest BCUT2D eigenvalue weighted by Crippen LogP contribution is 2.27. The summed E-state index contributed by atoms with van der Waals surface area (Å²) in [6.07, 6.45) is 4.26. The van der Waals surface area contributed by atoms with E-state index in [1.807, 2.05) is 11.8 Å². The van der Waals surface area contributed by atoms with E-state index in [9.17, 15) is 0 Å². The lowest BCUT2D eigenvalue weighted by molar-refractivity contribution is 0.196. The number of thiazole rings is 1. The summed E-state index contributed by atoms with van der Waals surface area (Å²) in [5.74, 6) is 1.57. The first-order valence-electron chi connectivity index (χ1n) is 8.82. The predicted octanol–water partition coefficient (Wildman–Crippen LogP) is 3.47. The molecule has 130 valence electrons. The van der Waals surface area contributed by atoms with Crippen molar-refractivity contribution in [2.45, 2.75) is 38.8 Å². The van der Waals surface area contributed by atoms with Crippen LogP contribution in [0.1, 0.15) is 40.7 Å². The molecule has 4 rings (SSSR count). The highest BCUT2D eigenvalue weighted by molar-refractivity contribution is 7.09. The topological polar surface area (TPSA) is 46.8 Å². The summed E-state index contributed by atoms with van der Waals surface area (Å²) >= 11 is 1.76. The maximum Gasteiger partial charge on any atom is 0.137 e. The third-order valence-corrected chi connectivity index (χ3v) is 5.84. The molecule has 0 bridgehead atoms. The number of likely N-dealkylation sites (tertiary alicyclic amines) is 1. The maximum atomic E-state index is 4.46. The second-order valence-electron chi connectivity index (χ2n) is 6.74. The lowest BCUT2D eigenvalue weighted by atomic mass is 9.97. The highest BCUT2D eigenvalue weighted by Gasteiger charge is 2.26. The molecule has 0 aliphatic carbocycles. The highest BCUT2D eigenvalue weighted by atomic mass is 32.1. The molecule has 1 aromatic carbocycles. The number of hydrogen-bond donors (Lipinski definition) is 0. The van der Waals surface area contributed by atoms with E-state index in [4.69, 9.17) is 0 Å². The van der Waals surface area contributed by atoms with Gasteiger partial charge in [0.15, 0.2) is 0 Å². The molecule has 6 heteroatoms. The molecular formula is C19H23N5S. The summed E-state index contributed by atoms with van der Waals surface area (Å²) in [5, 5.41) is 8.66. The average molecular weight is 353 g/mol. The molecule has 1 atom stereocenters. The second kappa shape index (κ2) is 7.45.